The van der Waals surface area contributed by atoms with E-state index in [1.165, 1.54) is 26.0 Å². The molecular formula is C28H27Cl2N3O4S. The molecule has 1 atom stereocenters. The van der Waals surface area contributed by atoms with E-state index in [0.29, 0.717) is 62.7 Å². The molecule has 38 heavy (non-hydrogen) atoms. The highest BCUT2D eigenvalue weighted by Gasteiger charge is 2.23. The fraction of sp³-hybridized carbons (Fsp3) is 0.250. The lowest BCUT2D eigenvalue weighted by atomic mass is 10.1. The van der Waals surface area contributed by atoms with Gasteiger partial charge in [0.05, 0.1) is 30.4 Å². The Bertz CT molecular complexity index is 1510. The van der Waals surface area contributed by atoms with Crippen LogP contribution in [0.4, 0.5) is 5.69 Å². The number of hydrogen-bond donors (Lipinski definition) is 1. The number of nitrogens with zero attached hydrogens (tertiary/aromatic N) is 2. The molecule has 0 aliphatic rings. The molecular weight excluding hydrogens is 545 g/mol. The zero-order valence-electron chi connectivity index (χ0n) is 21.2. The third kappa shape index (κ3) is 6.43. The Balaban J connectivity index is 1.72. The number of halogens is 2. The Labute approximate surface area is 235 Å². The van der Waals surface area contributed by atoms with E-state index in [-0.39, 0.29) is 11.5 Å². The Kier molecular flexibility index (Phi) is 9.20. The predicted octanol–water partition coefficient (Wildman–Crippen LogP) is 6.47. The van der Waals surface area contributed by atoms with Crippen LogP contribution in [0.25, 0.3) is 10.9 Å². The first-order valence-corrected chi connectivity index (χ1v) is 13.6. The average molecular weight is 573 g/mol. The Morgan fingerprint density at radius 1 is 1.03 bits per heavy atom. The molecule has 0 fully saturated rings. The zero-order chi connectivity index (χ0) is 27.2. The number of anilines is 1. The molecule has 1 aromatic heterocycles. The van der Waals surface area contributed by atoms with Crippen LogP contribution < -0.4 is 20.3 Å². The highest BCUT2D eigenvalue weighted by atomic mass is 35.5. The maximum Gasteiger partial charge on any atom is 0.262 e. The van der Waals surface area contributed by atoms with Crippen LogP contribution in [0.3, 0.4) is 0 Å². The molecule has 4 aromatic rings. The fourth-order valence-electron chi connectivity index (χ4n) is 3.95. The lowest BCUT2D eigenvalue weighted by molar-refractivity contribution is -0.115. The minimum atomic E-state index is -0.500. The lowest BCUT2D eigenvalue weighted by Crippen LogP contribution is -2.28. The first-order valence-electron chi connectivity index (χ1n) is 12.0. The average Bonchev–Trinajstić information content (AvgIpc) is 2.91. The summed E-state index contributed by atoms with van der Waals surface area (Å²) < 4.78 is 12.4. The normalized spacial score (nSPS) is 11.8. The molecule has 3 aromatic carbocycles. The van der Waals surface area contributed by atoms with Gasteiger partial charge in [-0.3, -0.25) is 14.2 Å². The molecule has 7 nitrogen and oxygen atoms in total. The molecule has 1 N–H and O–H groups in total. The summed E-state index contributed by atoms with van der Waals surface area (Å²) in [5.41, 5.74) is 1.86. The number of carbonyl (C=O) groups is 1. The van der Waals surface area contributed by atoms with Crippen LogP contribution in [-0.2, 0) is 17.8 Å². The van der Waals surface area contributed by atoms with E-state index >= 15 is 0 Å². The number of benzene rings is 3. The second-order valence-electron chi connectivity index (χ2n) is 8.47. The van der Waals surface area contributed by atoms with Gasteiger partial charge in [-0.15, -0.1) is 0 Å². The van der Waals surface area contributed by atoms with Crippen LogP contribution in [0.15, 0.2) is 70.6 Å². The van der Waals surface area contributed by atoms with Crippen molar-refractivity contribution in [1.29, 1.82) is 0 Å². The number of carbonyl (C=O) groups excluding carboxylic acids is 1. The molecule has 0 aliphatic heterocycles. The maximum absolute atomic E-state index is 13.7. The van der Waals surface area contributed by atoms with E-state index < -0.39 is 5.25 Å². The number of methoxy groups -OCH3 is 2. The van der Waals surface area contributed by atoms with Gasteiger partial charge in [0.25, 0.3) is 5.56 Å². The molecule has 0 unspecified atom stereocenters. The lowest BCUT2D eigenvalue weighted by Gasteiger charge is -2.19. The summed E-state index contributed by atoms with van der Waals surface area (Å²) in [4.78, 5) is 31.7. The standard InChI is InChI=1S/C28H27Cl2N3O4S/c1-4-25(26(34)31-20-7-5-6-19(30)14-20)38-28-32-22-16-24(37-3)23(36-2)15-21(22)27(35)33(28)13-12-17-8-10-18(29)11-9-17/h5-11,14-16,25H,4,12-13H2,1-3H3,(H,31,34)/t25-/m1/s1. The fourth-order valence-corrected chi connectivity index (χ4v) is 5.30. The number of aryl methyl sites for hydroxylation is 1. The predicted molar refractivity (Wildman–Crippen MR) is 154 cm³/mol. The number of thioether (sulfide) groups is 1. The van der Waals surface area contributed by atoms with Crippen molar-refractivity contribution in [2.75, 3.05) is 19.5 Å². The minimum Gasteiger partial charge on any atom is -0.493 e. The molecule has 198 valence electrons. The molecule has 0 aliphatic carbocycles. The zero-order valence-corrected chi connectivity index (χ0v) is 23.5. The van der Waals surface area contributed by atoms with Crippen molar-refractivity contribution in [1.82, 2.24) is 9.55 Å². The van der Waals surface area contributed by atoms with Gasteiger partial charge in [-0.05, 0) is 54.8 Å². The van der Waals surface area contributed by atoms with E-state index in [1.54, 1.807) is 41.0 Å². The molecule has 0 radical (unpaired) electrons. The van der Waals surface area contributed by atoms with Crippen LogP contribution in [-0.4, -0.2) is 34.9 Å². The molecule has 10 heteroatoms. The Morgan fingerprint density at radius 3 is 2.39 bits per heavy atom. The van der Waals surface area contributed by atoms with Gasteiger partial charge in [0.1, 0.15) is 0 Å². The molecule has 0 spiro atoms. The van der Waals surface area contributed by atoms with Crippen molar-refractivity contribution >= 4 is 57.5 Å². The number of aromatic nitrogens is 2. The summed E-state index contributed by atoms with van der Waals surface area (Å²) in [6, 6.07) is 17.8. The highest BCUT2D eigenvalue weighted by Crippen LogP contribution is 2.32. The van der Waals surface area contributed by atoms with Crippen LogP contribution in [0.1, 0.15) is 18.9 Å². The maximum atomic E-state index is 13.7. The van der Waals surface area contributed by atoms with Gasteiger partial charge in [0.2, 0.25) is 5.91 Å². The minimum absolute atomic E-state index is 0.203. The number of nitrogens with one attached hydrogen (secondary N) is 1. The molecule has 0 saturated carbocycles. The monoisotopic (exact) mass is 571 g/mol. The smallest absolute Gasteiger partial charge is 0.262 e. The molecule has 0 saturated heterocycles. The second kappa shape index (κ2) is 12.6. The van der Waals surface area contributed by atoms with Gasteiger partial charge >= 0.3 is 0 Å². The van der Waals surface area contributed by atoms with Crippen LogP contribution in [0, 0.1) is 0 Å². The molecule has 1 amide bonds. The van der Waals surface area contributed by atoms with Crippen molar-refractivity contribution in [3.63, 3.8) is 0 Å². The van der Waals surface area contributed by atoms with Gasteiger partial charge < -0.3 is 14.8 Å². The van der Waals surface area contributed by atoms with Gasteiger partial charge in [-0.25, -0.2) is 4.98 Å². The third-order valence-electron chi connectivity index (χ3n) is 5.96. The summed E-state index contributed by atoms with van der Waals surface area (Å²) in [6.07, 6.45) is 1.10. The van der Waals surface area contributed by atoms with E-state index in [2.05, 4.69) is 5.32 Å². The van der Waals surface area contributed by atoms with Crippen molar-refractivity contribution in [2.45, 2.75) is 36.7 Å². The van der Waals surface area contributed by atoms with Crippen molar-refractivity contribution < 1.29 is 14.3 Å². The molecule has 1 heterocycles. The third-order valence-corrected chi connectivity index (χ3v) is 7.81. The summed E-state index contributed by atoms with van der Waals surface area (Å²) in [5, 5.41) is 4.43. The summed E-state index contributed by atoms with van der Waals surface area (Å²) >= 11 is 13.4. The first-order chi connectivity index (χ1) is 18.3. The van der Waals surface area contributed by atoms with Crippen molar-refractivity contribution in [2.24, 2.45) is 0 Å². The van der Waals surface area contributed by atoms with Gasteiger partial charge in [-0.2, -0.15) is 0 Å². The van der Waals surface area contributed by atoms with Gasteiger partial charge in [0, 0.05) is 28.3 Å². The molecule has 0 bridgehead atoms. The summed E-state index contributed by atoms with van der Waals surface area (Å²) in [5.74, 6) is 0.703. The summed E-state index contributed by atoms with van der Waals surface area (Å²) in [6.45, 7) is 2.28. The number of ether oxygens (including phenoxy) is 2. The Hall–Kier alpha value is -3.20. The summed E-state index contributed by atoms with van der Waals surface area (Å²) in [7, 11) is 3.05. The number of fused-ring (bicyclic) bond motifs is 1. The largest absolute Gasteiger partial charge is 0.493 e. The SMILES string of the molecule is CC[C@@H](Sc1nc2cc(OC)c(OC)cc2c(=O)n1CCc1ccc(Cl)cc1)C(=O)Nc1cccc(Cl)c1. The van der Waals surface area contributed by atoms with Crippen LogP contribution in [0.2, 0.25) is 10.0 Å². The van der Waals surface area contributed by atoms with Crippen LogP contribution >= 0.6 is 35.0 Å². The molecule has 4 rings (SSSR count). The van der Waals surface area contributed by atoms with E-state index in [9.17, 15) is 9.59 Å². The number of amides is 1. The second-order valence-corrected chi connectivity index (χ2v) is 10.5. The van der Waals surface area contributed by atoms with E-state index in [4.69, 9.17) is 37.7 Å². The van der Waals surface area contributed by atoms with E-state index in [0.717, 1.165) is 5.56 Å². The topological polar surface area (TPSA) is 82.5 Å². The first kappa shape index (κ1) is 27.8. The van der Waals surface area contributed by atoms with Crippen LogP contribution in [0.5, 0.6) is 11.5 Å². The quantitative estimate of drug-likeness (QED) is 0.173. The highest BCUT2D eigenvalue weighted by molar-refractivity contribution is 8.00. The van der Waals surface area contributed by atoms with Gasteiger partial charge in [-0.1, -0.05) is 60.1 Å². The van der Waals surface area contributed by atoms with Crippen molar-refractivity contribution in [3.05, 3.63) is 86.6 Å². The Morgan fingerprint density at radius 2 is 1.74 bits per heavy atom. The van der Waals surface area contributed by atoms with Gasteiger partial charge in [0.15, 0.2) is 16.7 Å². The number of hydrogen-bond acceptors (Lipinski definition) is 6. The van der Waals surface area contributed by atoms with E-state index in [1.807, 2.05) is 31.2 Å². The number of rotatable bonds is 10. The van der Waals surface area contributed by atoms with Crippen molar-refractivity contribution in [3.8, 4) is 11.5 Å².